The molecule has 0 unspecified atom stereocenters. The second-order valence-electron chi connectivity index (χ2n) is 4.05. The summed E-state index contributed by atoms with van der Waals surface area (Å²) in [5, 5.41) is 11.5. The summed E-state index contributed by atoms with van der Waals surface area (Å²) in [6, 6.07) is 1.99. The van der Waals surface area contributed by atoms with Gasteiger partial charge in [0.15, 0.2) is 0 Å². The van der Waals surface area contributed by atoms with Crippen molar-refractivity contribution in [3.8, 4) is 6.07 Å². The molecule has 0 rings (SSSR count). The van der Waals surface area contributed by atoms with Crippen LogP contribution in [0.3, 0.4) is 0 Å². The predicted octanol–water partition coefficient (Wildman–Crippen LogP) is 2.19. The molecule has 15 heavy (non-hydrogen) atoms. The van der Waals surface area contributed by atoms with Crippen molar-refractivity contribution in [3.05, 3.63) is 0 Å². The van der Waals surface area contributed by atoms with E-state index in [1.54, 1.807) is 13.8 Å². The Kier molecular flexibility index (Phi) is 7.23. The van der Waals surface area contributed by atoms with Crippen molar-refractivity contribution in [1.29, 1.82) is 5.26 Å². The lowest BCUT2D eigenvalue weighted by atomic mass is 9.95. The molecule has 0 fully saturated rings. The van der Waals surface area contributed by atoms with Crippen LogP contribution in [-0.4, -0.2) is 24.5 Å². The van der Waals surface area contributed by atoms with Gasteiger partial charge < -0.3 is 5.32 Å². The average molecular weight is 228 g/mol. The van der Waals surface area contributed by atoms with Crippen molar-refractivity contribution in [3.63, 3.8) is 0 Å². The Labute approximate surface area is 96.6 Å². The van der Waals surface area contributed by atoms with Crippen molar-refractivity contribution >= 4 is 17.7 Å². The van der Waals surface area contributed by atoms with E-state index in [0.717, 1.165) is 12.8 Å². The van der Waals surface area contributed by atoms with Crippen LogP contribution in [0.15, 0.2) is 0 Å². The molecule has 0 spiro atoms. The second kappa shape index (κ2) is 7.58. The van der Waals surface area contributed by atoms with E-state index >= 15 is 0 Å². The zero-order valence-electron chi connectivity index (χ0n) is 9.80. The number of amides is 1. The van der Waals surface area contributed by atoms with E-state index in [2.05, 4.69) is 11.6 Å². The maximum Gasteiger partial charge on any atom is 0.239 e. The normalized spacial score (nSPS) is 10.8. The lowest BCUT2D eigenvalue weighted by molar-refractivity contribution is -0.126. The number of nitriles is 1. The van der Waals surface area contributed by atoms with Crippen LogP contribution < -0.4 is 5.32 Å². The number of hydrogen-bond donors (Lipinski definition) is 1. The first-order valence-corrected chi connectivity index (χ1v) is 6.62. The van der Waals surface area contributed by atoms with Gasteiger partial charge in [0.1, 0.15) is 5.41 Å². The summed E-state index contributed by atoms with van der Waals surface area (Å²) in [4.78, 5) is 11.4. The van der Waals surface area contributed by atoms with Crippen LogP contribution >= 0.6 is 11.8 Å². The second-order valence-corrected chi connectivity index (χ2v) is 5.03. The molecule has 0 aliphatic rings. The van der Waals surface area contributed by atoms with E-state index in [0.29, 0.717) is 6.54 Å². The van der Waals surface area contributed by atoms with Gasteiger partial charge in [-0.05, 0) is 38.7 Å². The van der Waals surface area contributed by atoms with Gasteiger partial charge in [-0.1, -0.05) is 6.42 Å². The van der Waals surface area contributed by atoms with Crippen molar-refractivity contribution in [2.24, 2.45) is 5.41 Å². The first kappa shape index (κ1) is 14.3. The standard InChI is InChI=1S/C11H20N2OS/c1-11(2,9-12)10(14)13-7-5-4-6-8-15-3/h4-8H2,1-3H3,(H,13,14). The number of rotatable bonds is 7. The molecule has 86 valence electrons. The lowest BCUT2D eigenvalue weighted by Crippen LogP contribution is -2.36. The van der Waals surface area contributed by atoms with Crippen LogP contribution in [0, 0.1) is 16.7 Å². The van der Waals surface area contributed by atoms with Gasteiger partial charge in [-0.2, -0.15) is 17.0 Å². The Morgan fingerprint density at radius 1 is 1.40 bits per heavy atom. The zero-order valence-corrected chi connectivity index (χ0v) is 10.6. The summed E-state index contributed by atoms with van der Waals surface area (Å²) in [6.07, 6.45) is 5.41. The fourth-order valence-corrected chi connectivity index (χ4v) is 1.51. The minimum atomic E-state index is -0.904. The first-order chi connectivity index (χ1) is 7.04. The van der Waals surface area contributed by atoms with Gasteiger partial charge in [0.25, 0.3) is 0 Å². The van der Waals surface area contributed by atoms with Crippen LogP contribution in [0.5, 0.6) is 0 Å². The highest BCUT2D eigenvalue weighted by Crippen LogP contribution is 2.12. The van der Waals surface area contributed by atoms with E-state index in [-0.39, 0.29) is 5.91 Å². The minimum Gasteiger partial charge on any atom is -0.355 e. The number of hydrogen-bond acceptors (Lipinski definition) is 3. The Morgan fingerprint density at radius 2 is 2.07 bits per heavy atom. The van der Waals surface area contributed by atoms with E-state index in [1.165, 1.54) is 12.2 Å². The third-order valence-electron chi connectivity index (χ3n) is 2.16. The number of nitrogens with one attached hydrogen (secondary N) is 1. The largest absolute Gasteiger partial charge is 0.355 e. The topological polar surface area (TPSA) is 52.9 Å². The highest BCUT2D eigenvalue weighted by molar-refractivity contribution is 7.98. The van der Waals surface area contributed by atoms with E-state index in [9.17, 15) is 4.79 Å². The molecule has 0 aliphatic heterocycles. The average Bonchev–Trinajstić information content (AvgIpc) is 2.22. The van der Waals surface area contributed by atoms with Gasteiger partial charge >= 0.3 is 0 Å². The summed E-state index contributed by atoms with van der Waals surface area (Å²) < 4.78 is 0. The number of carbonyl (C=O) groups is 1. The molecule has 0 radical (unpaired) electrons. The first-order valence-electron chi connectivity index (χ1n) is 5.23. The Hall–Kier alpha value is -0.690. The fourth-order valence-electron chi connectivity index (χ4n) is 1.02. The molecule has 0 saturated carbocycles. The van der Waals surface area contributed by atoms with Gasteiger partial charge in [-0.15, -0.1) is 0 Å². The molecule has 0 heterocycles. The number of thioether (sulfide) groups is 1. The monoisotopic (exact) mass is 228 g/mol. The van der Waals surface area contributed by atoms with E-state index in [4.69, 9.17) is 5.26 Å². The molecule has 0 aromatic heterocycles. The summed E-state index contributed by atoms with van der Waals surface area (Å²) in [5.41, 5.74) is -0.904. The smallest absolute Gasteiger partial charge is 0.239 e. The number of nitrogens with zero attached hydrogens (tertiary/aromatic N) is 1. The summed E-state index contributed by atoms with van der Waals surface area (Å²) in [6.45, 7) is 3.95. The third kappa shape index (κ3) is 6.40. The summed E-state index contributed by atoms with van der Waals surface area (Å²) >= 11 is 1.84. The van der Waals surface area contributed by atoms with Gasteiger partial charge in [0, 0.05) is 6.54 Å². The van der Waals surface area contributed by atoms with Crippen LogP contribution in [-0.2, 0) is 4.79 Å². The molecule has 3 nitrogen and oxygen atoms in total. The molecule has 1 amide bonds. The Morgan fingerprint density at radius 3 is 2.60 bits per heavy atom. The minimum absolute atomic E-state index is 0.171. The SMILES string of the molecule is CSCCCCCNC(=O)C(C)(C)C#N. The molecule has 0 saturated heterocycles. The Balaban J connectivity index is 3.53. The van der Waals surface area contributed by atoms with Gasteiger partial charge in [0.2, 0.25) is 5.91 Å². The van der Waals surface area contributed by atoms with E-state index in [1.807, 2.05) is 17.8 Å². The van der Waals surface area contributed by atoms with Gasteiger partial charge in [0.05, 0.1) is 6.07 Å². The van der Waals surface area contributed by atoms with E-state index < -0.39 is 5.41 Å². The molecule has 0 bridgehead atoms. The van der Waals surface area contributed by atoms with Crippen molar-refractivity contribution in [2.75, 3.05) is 18.6 Å². The van der Waals surface area contributed by atoms with Gasteiger partial charge in [-0.3, -0.25) is 4.79 Å². The molecule has 1 N–H and O–H groups in total. The molecule has 0 aromatic rings. The lowest BCUT2D eigenvalue weighted by Gasteiger charge is -2.14. The third-order valence-corrected chi connectivity index (χ3v) is 2.85. The highest BCUT2D eigenvalue weighted by Gasteiger charge is 2.26. The predicted molar refractivity (Wildman–Crippen MR) is 64.6 cm³/mol. The van der Waals surface area contributed by atoms with Gasteiger partial charge in [-0.25, -0.2) is 0 Å². The highest BCUT2D eigenvalue weighted by atomic mass is 32.2. The molecule has 0 atom stereocenters. The molecule has 4 heteroatoms. The van der Waals surface area contributed by atoms with Crippen LogP contribution in [0.1, 0.15) is 33.1 Å². The van der Waals surface area contributed by atoms with Crippen LogP contribution in [0.2, 0.25) is 0 Å². The zero-order chi connectivity index (χ0) is 11.7. The summed E-state index contributed by atoms with van der Waals surface area (Å²) in [5.74, 6) is 1.01. The molecular formula is C11H20N2OS. The van der Waals surface area contributed by atoms with Crippen LogP contribution in [0.4, 0.5) is 0 Å². The number of carbonyl (C=O) groups excluding carboxylic acids is 1. The number of unbranched alkanes of at least 4 members (excludes halogenated alkanes) is 2. The molecule has 0 aliphatic carbocycles. The van der Waals surface area contributed by atoms with Crippen LogP contribution in [0.25, 0.3) is 0 Å². The molecular weight excluding hydrogens is 208 g/mol. The summed E-state index contributed by atoms with van der Waals surface area (Å²) in [7, 11) is 0. The van der Waals surface area contributed by atoms with Crippen molar-refractivity contribution < 1.29 is 4.79 Å². The Bertz CT molecular complexity index is 233. The fraction of sp³-hybridized carbons (Fsp3) is 0.818. The quantitative estimate of drug-likeness (QED) is 0.680. The molecule has 0 aromatic carbocycles. The maximum absolute atomic E-state index is 11.4. The van der Waals surface area contributed by atoms with Crippen molar-refractivity contribution in [1.82, 2.24) is 5.32 Å². The maximum atomic E-state index is 11.4. The van der Waals surface area contributed by atoms with Crippen molar-refractivity contribution in [2.45, 2.75) is 33.1 Å².